The van der Waals surface area contributed by atoms with E-state index in [-0.39, 0.29) is 22.5 Å². The number of carbonyl (C=O) groups excluding carboxylic acids is 1. The molecular weight excluding hydrogens is 468 g/mol. The smallest absolute Gasteiger partial charge is 0.290 e. The molecule has 0 saturated heterocycles. The van der Waals surface area contributed by atoms with Gasteiger partial charge in [-0.3, -0.25) is 9.59 Å². The Balaban J connectivity index is 1.86. The lowest BCUT2D eigenvalue weighted by molar-refractivity contribution is 0.0722. The number of hydrogen-bond acceptors (Lipinski definition) is 4. The van der Waals surface area contributed by atoms with Gasteiger partial charge in [0.25, 0.3) is 5.91 Å². The van der Waals surface area contributed by atoms with Crippen molar-refractivity contribution in [2.75, 3.05) is 27.2 Å². The zero-order valence-electron chi connectivity index (χ0n) is 19.2. The molecule has 0 spiro atoms. The maximum atomic E-state index is 13.6. The third kappa shape index (κ3) is 4.14. The Kier molecular flexibility index (Phi) is 6.03. The number of nitrogens with zero attached hydrogens (tertiary/aromatic N) is 2. The number of hydrogen-bond donors (Lipinski definition) is 0. The lowest BCUT2D eigenvalue weighted by atomic mass is 9.86. The number of benzene rings is 2. The van der Waals surface area contributed by atoms with Crippen LogP contribution in [0.25, 0.3) is 11.0 Å². The molecule has 1 aliphatic rings. The first kappa shape index (κ1) is 22.7. The number of halogens is 1. The van der Waals surface area contributed by atoms with E-state index in [0.29, 0.717) is 23.1 Å². The predicted molar refractivity (Wildman–Crippen MR) is 131 cm³/mol. The number of carbonyl (C=O) groups is 1. The Morgan fingerprint density at radius 1 is 1.06 bits per heavy atom. The van der Waals surface area contributed by atoms with Crippen LogP contribution in [-0.4, -0.2) is 42.9 Å². The summed E-state index contributed by atoms with van der Waals surface area (Å²) < 4.78 is 6.82. The summed E-state index contributed by atoms with van der Waals surface area (Å²) in [6.07, 6.45) is 0.808. The summed E-state index contributed by atoms with van der Waals surface area (Å²) in [5.74, 6) is -0.0508. The number of rotatable bonds is 5. The van der Waals surface area contributed by atoms with Crippen molar-refractivity contribution in [1.82, 2.24) is 9.80 Å². The summed E-state index contributed by atoms with van der Waals surface area (Å²) in [5.41, 5.74) is 2.89. The van der Waals surface area contributed by atoms with Crippen molar-refractivity contribution >= 4 is 32.8 Å². The van der Waals surface area contributed by atoms with Crippen LogP contribution in [0.5, 0.6) is 0 Å². The van der Waals surface area contributed by atoms with E-state index in [9.17, 15) is 9.59 Å². The maximum Gasteiger partial charge on any atom is 0.290 e. The summed E-state index contributed by atoms with van der Waals surface area (Å²) in [5, 5.41) is 0.484. The van der Waals surface area contributed by atoms with Crippen molar-refractivity contribution in [1.29, 1.82) is 0 Å². The van der Waals surface area contributed by atoms with Crippen LogP contribution in [0.1, 0.15) is 60.5 Å². The highest BCUT2D eigenvalue weighted by atomic mass is 79.9. The van der Waals surface area contributed by atoms with Gasteiger partial charge in [-0.25, -0.2) is 0 Å². The van der Waals surface area contributed by atoms with Crippen molar-refractivity contribution < 1.29 is 9.21 Å². The van der Waals surface area contributed by atoms with E-state index in [1.54, 1.807) is 17.0 Å². The van der Waals surface area contributed by atoms with Gasteiger partial charge in [0.15, 0.2) is 5.43 Å². The molecular formula is C26H29BrN2O3. The van der Waals surface area contributed by atoms with Gasteiger partial charge < -0.3 is 14.2 Å². The first-order valence-electron chi connectivity index (χ1n) is 10.9. The fourth-order valence-electron chi connectivity index (χ4n) is 4.29. The maximum absolute atomic E-state index is 13.6. The van der Waals surface area contributed by atoms with Gasteiger partial charge in [-0.15, -0.1) is 0 Å². The minimum atomic E-state index is -0.451. The molecule has 0 aliphatic carbocycles. The molecule has 0 bridgehead atoms. The average molecular weight is 497 g/mol. The first-order chi connectivity index (χ1) is 15.1. The Bertz CT molecular complexity index is 1220. The molecule has 168 valence electrons. The molecule has 0 fully saturated rings. The highest BCUT2D eigenvalue weighted by molar-refractivity contribution is 9.10. The van der Waals surface area contributed by atoms with Crippen LogP contribution in [0.15, 0.2) is 56.1 Å². The van der Waals surface area contributed by atoms with E-state index in [2.05, 4.69) is 53.7 Å². The van der Waals surface area contributed by atoms with Crippen molar-refractivity contribution in [2.45, 2.75) is 38.6 Å². The standard InChI is InChI=1S/C26H29BrN2O3/c1-26(2,3)17-9-7-16(8-10-17)22-21-23(30)19-15-18(27)11-12-20(19)32-24(21)25(31)29(22)14-6-13-28(4)5/h7-12,15,22H,6,13-14H2,1-5H3. The zero-order valence-corrected chi connectivity index (χ0v) is 20.8. The highest BCUT2D eigenvalue weighted by Crippen LogP contribution is 2.39. The number of fused-ring (bicyclic) bond motifs is 2. The molecule has 32 heavy (non-hydrogen) atoms. The van der Waals surface area contributed by atoms with Crippen molar-refractivity contribution in [3.63, 3.8) is 0 Å². The molecule has 2 aromatic carbocycles. The highest BCUT2D eigenvalue weighted by Gasteiger charge is 2.42. The minimum Gasteiger partial charge on any atom is -0.450 e. The second-order valence-corrected chi connectivity index (χ2v) is 10.7. The van der Waals surface area contributed by atoms with E-state index >= 15 is 0 Å². The molecule has 4 rings (SSSR count). The molecule has 5 nitrogen and oxygen atoms in total. The zero-order chi connectivity index (χ0) is 23.2. The minimum absolute atomic E-state index is 0.0227. The monoisotopic (exact) mass is 496 g/mol. The molecule has 1 unspecified atom stereocenters. The molecule has 0 N–H and O–H groups in total. The summed E-state index contributed by atoms with van der Waals surface area (Å²) in [4.78, 5) is 30.9. The van der Waals surface area contributed by atoms with E-state index in [1.165, 1.54) is 5.56 Å². The van der Waals surface area contributed by atoms with Crippen molar-refractivity contribution in [2.24, 2.45) is 0 Å². The Morgan fingerprint density at radius 3 is 2.38 bits per heavy atom. The summed E-state index contributed by atoms with van der Waals surface area (Å²) in [6, 6.07) is 13.1. The lowest BCUT2D eigenvalue weighted by Crippen LogP contribution is -2.32. The van der Waals surface area contributed by atoms with Gasteiger partial charge in [0.1, 0.15) is 5.58 Å². The van der Waals surface area contributed by atoms with Crippen molar-refractivity contribution in [3.8, 4) is 0 Å². The first-order valence-corrected chi connectivity index (χ1v) is 11.7. The van der Waals surface area contributed by atoms with Crippen LogP contribution in [0, 0.1) is 0 Å². The van der Waals surface area contributed by atoms with Crippen molar-refractivity contribution in [3.05, 3.63) is 79.6 Å². The van der Waals surface area contributed by atoms with E-state index in [0.717, 1.165) is 23.0 Å². The molecule has 0 radical (unpaired) electrons. The summed E-state index contributed by atoms with van der Waals surface area (Å²) in [6.45, 7) is 7.91. The van der Waals surface area contributed by atoms with E-state index in [1.807, 2.05) is 32.3 Å². The normalized spacial score (nSPS) is 16.3. The van der Waals surface area contributed by atoms with Crippen LogP contribution in [-0.2, 0) is 5.41 Å². The van der Waals surface area contributed by atoms with Gasteiger partial charge in [0.2, 0.25) is 5.76 Å². The molecule has 3 aromatic rings. The van der Waals surface area contributed by atoms with Gasteiger partial charge in [-0.2, -0.15) is 0 Å². The second kappa shape index (κ2) is 8.49. The Hall–Kier alpha value is -2.44. The van der Waals surface area contributed by atoms with Gasteiger partial charge in [-0.1, -0.05) is 61.0 Å². The summed E-state index contributed by atoms with van der Waals surface area (Å²) in [7, 11) is 4.03. The van der Waals surface area contributed by atoms with Crippen LogP contribution >= 0.6 is 15.9 Å². The molecule has 2 heterocycles. The molecule has 1 aromatic heterocycles. The van der Waals surface area contributed by atoms with Crippen LogP contribution < -0.4 is 5.43 Å². The number of amides is 1. The largest absolute Gasteiger partial charge is 0.450 e. The fraction of sp³-hybridized carbons (Fsp3) is 0.385. The molecule has 0 saturated carbocycles. The third-order valence-electron chi connectivity index (χ3n) is 6.02. The predicted octanol–water partition coefficient (Wildman–Crippen LogP) is 5.35. The fourth-order valence-corrected chi connectivity index (χ4v) is 4.65. The molecule has 6 heteroatoms. The van der Waals surface area contributed by atoms with Gasteiger partial charge in [0, 0.05) is 11.0 Å². The van der Waals surface area contributed by atoms with Crippen LogP contribution in [0.2, 0.25) is 0 Å². The topological polar surface area (TPSA) is 53.8 Å². The SMILES string of the molecule is CN(C)CCCN1C(=O)c2oc3ccc(Br)cc3c(=O)c2C1c1ccc(C(C)(C)C)cc1. The van der Waals surface area contributed by atoms with Gasteiger partial charge >= 0.3 is 0 Å². The van der Waals surface area contributed by atoms with Crippen LogP contribution in [0.4, 0.5) is 0 Å². The lowest BCUT2D eigenvalue weighted by Gasteiger charge is -2.26. The average Bonchev–Trinajstić information content (AvgIpc) is 3.00. The molecule has 1 aliphatic heterocycles. The van der Waals surface area contributed by atoms with E-state index < -0.39 is 6.04 Å². The molecule has 1 amide bonds. The van der Waals surface area contributed by atoms with Gasteiger partial charge in [-0.05, 0) is 61.8 Å². The third-order valence-corrected chi connectivity index (χ3v) is 6.52. The van der Waals surface area contributed by atoms with Gasteiger partial charge in [0.05, 0.1) is 17.0 Å². The Labute approximate surface area is 197 Å². The molecule has 1 atom stereocenters. The second-order valence-electron chi connectivity index (χ2n) is 9.74. The van der Waals surface area contributed by atoms with Crippen LogP contribution in [0.3, 0.4) is 0 Å². The quantitative estimate of drug-likeness (QED) is 0.477. The Morgan fingerprint density at radius 2 is 1.75 bits per heavy atom. The summed E-state index contributed by atoms with van der Waals surface area (Å²) >= 11 is 3.44. The van der Waals surface area contributed by atoms with E-state index in [4.69, 9.17) is 4.42 Å².